The SMILES string of the molecule is O=C(CCc1c[nH]c2ccccc12)Nc1nc(-c2cccnc2)cs1. The molecule has 0 unspecified atom stereocenters. The fraction of sp³-hybridized carbons (Fsp3) is 0.105. The number of hydrogen-bond donors (Lipinski definition) is 2. The van der Waals surface area contributed by atoms with Crippen molar-refractivity contribution in [1.82, 2.24) is 15.0 Å². The molecule has 0 fully saturated rings. The minimum atomic E-state index is -0.0302. The molecule has 0 aliphatic rings. The molecule has 2 N–H and O–H groups in total. The summed E-state index contributed by atoms with van der Waals surface area (Å²) in [4.78, 5) is 24.0. The Balaban J connectivity index is 1.39. The molecule has 1 aromatic carbocycles. The van der Waals surface area contributed by atoms with E-state index in [0.717, 1.165) is 22.3 Å². The van der Waals surface area contributed by atoms with Gasteiger partial charge < -0.3 is 10.3 Å². The van der Waals surface area contributed by atoms with Crippen LogP contribution in [0.4, 0.5) is 5.13 Å². The van der Waals surface area contributed by atoms with Crippen molar-refractivity contribution in [3.05, 3.63) is 65.9 Å². The van der Waals surface area contributed by atoms with E-state index in [2.05, 4.69) is 26.3 Å². The van der Waals surface area contributed by atoms with Crippen molar-refractivity contribution in [1.29, 1.82) is 0 Å². The number of para-hydroxylation sites is 1. The van der Waals surface area contributed by atoms with Gasteiger partial charge in [-0.15, -0.1) is 11.3 Å². The molecular formula is C19H16N4OS. The van der Waals surface area contributed by atoms with Gasteiger partial charge in [0.25, 0.3) is 0 Å². The highest BCUT2D eigenvalue weighted by Crippen LogP contribution is 2.24. The molecule has 0 spiro atoms. The quantitative estimate of drug-likeness (QED) is 0.566. The predicted octanol–water partition coefficient (Wildman–Crippen LogP) is 4.26. The first kappa shape index (κ1) is 15.5. The molecule has 0 radical (unpaired) electrons. The molecule has 4 aromatic rings. The van der Waals surface area contributed by atoms with Gasteiger partial charge >= 0.3 is 0 Å². The number of nitrogens with zero attached hydrogens (tertiary/aromatic N) is 2. The van der Waals surface area contributed by atoms with Crippen LogP contribution in [0, 0.1) is 0 Å². The second-order valence-electron chi connectivity index (χ2n) is 5.69. The number of nitrogens with one attached hydrogen (secondary N) is 2. The number of aryl methyl sites for hydroxylation is 1. The van der Waals surface area contributed by atoms with Crippen LogP contribution in [0.25, 0.3) is 22.2 Å². The number of aromatic nitrogens is 3. The van der Waals surface area contributed by atoms with Crippen LogP contribution < -0.4 is 5.32 Å². The van der Waals surface area contributed by atoms with Crippen molar-refractivity contribution >= 4 is 33.3 Å². The molecule has 6 heteroatoms. The standard InChI is InChI=1S/C19H16N4OS/c24-18(8-7-13-11-21-16-6-2-1-5-15(13)16)23-19-22-17(12-25-19)14-4-3-9-20-10-14/h1-6,9-12,21H,7-8H2,(H,22,23,24). The van der Waals surface area contributed by atoms with Crippen LogP contribution >= 0.6 is 11.3 Å². The lowest BCUT2D eigenvalue weighted by molar-refractivity contribution is -0.116. The Morgan fingerprint density at radius 1 is 1.20 bits per heavy atom. The second kappa shape index (κ2) is 6.86. The van der Waals surface area contributed by atoms with Crippen LogP contribution in [-0.2, 0) is 11.2 Å². The summed E-state index contributed by atoms with van der Waals surface area (Å²) in [5.74, 6) is -0.0302. The van der Waals surface area contributed by atoms with E-state index in [1.165, 1.54) is 16.7 Å². The van der Waals surface area contributed by atoms with Crippen molar-refractivity contribution in [2.75, 3.05) is 5.32 Å². The van der Waals surface area contributed by atoms with Crippen molar-refractivity contribution in [3.63, 3.8) is 0 Å². The van der Waals surface area contributed by atoms with Gasteiger partial charge in [-0.05, 0) is 30.2 Å². The minimum absolute atomic E-state index is 0.0302. The first-order valence-corrected chi connectivity index (χ1v) is 8.88. The van der Waals surface area contributed by atoms with E-state index in [4.69, 9.17) is 0 Å². The van der Waals surface area contributed by atoms with E-state index in [9.17, 15) is 4.79 Å². The highest BCUT2D eigenvalue weighted by molar-refractivity contribution is 7.14. The molecule has 3 aromatic heterocycles. The second-order valence-corrected chi connectivity index (χ2v) is 6.55. The fourth-order valence-electron chi connectivity index (χ4n) is 2.75. The number of carbonyl (C=O) groups is 1. The molecule has 3 heterocycles. The van der Waals surface area contributed by atoms with Gasteiger partial charge in [-0.1, -0.05) is 18.2 Å². The average Bonchev–Trinajstić information content (AvgIpc) is 3.28. The number of thiazole rings is 1. The van der Waals surface area contributed by atoms with Gasteiger partial charge in [0.05, 0.1) is 5.69 Å². The number of amides is 1. The third-order valence-corrected chi connectivity index (χ3v) is 4.76. The fourth-order valence-corrected chi connectivity index (χ4v) is 3.48. The van der Waals surface area contributed by atoms with E-state index in [1.54, 1.807) is 12.4 Å². The zero-order chi connectivity index (χ0) is 17.1. The molecule has 0 aliphatic heterocycles. The molecule has 0 atom stereocenters. The van der Waals surface area contributed by atoms with Crippen LogP contribution in [0.15, 0.2) is 60.4 Å². The summed E-state index contributed by atoms with van der Waals surface area (Å²) in [5, 5.41) is 6.59. The summed E-state index contributed by atoms with van der Waals surface area (Å²) in [5.41, 5.74) is 4.02. The van der Waals surface area contributed by atoms with Crippen LogP contribution in [-0.4, -0.2) is 20.9 Å². The van der Waals surface area contributed by atoms with E-state index in [1.807, 2.05) is 41.9 Å². The van der Waals surface area contributed by atoms with Gasteiger partial charge in [-0.3, -0.25) is 9.78 Å². The minimum Gasteiger partial charge on any atom is -0.361 e. The van der Waals surface area contributed by atoms with E-state index in [0.29, 0.717) is 18.0 Å². The molecule has 4 rings (SSSR count). The number of H-pyrrole nitrogens is 1. The topological polar surface area (TPSA) is 70.7 Å². The van der Waals surface area contributed by atoms with Crippen LogP contribution in [0.3, 0.4) is 0 Å². The molecule has 124 valence electrons. The number of benzene rings is 1. The van der Waals surface area contributed by atoms with Gasteiger partial charge in [0, 0.05) is 46.9 Å². The first-order valence-electron chi connectivity index (χ1n) is 8.00. The molecule has 25 heavy (non-hydrogen) atoms. The number of fused-ring (bicyclic) bond motifs is 1. The first-order chi connectivity index (χ1) is 12.3. The maximum atomic E-state index is 12.2. The summed E-state index contributed by atoms with van der Waals surface area (Å²) in [6.07, 6.45) is 6.57. The van der Waals surface area contributed by atoms with E-state index >= 15 is 0 Å². The smallest absolute Gasteiger partial charge is 0.226 e. The molecule has 0 bridgehead atoms. The van der Waals surface area contributed by atoms with Crippen LogP contribution in [0.5, 0.6) is 0 Å². The van der Waals surface area contributed by atoms with Crippen molar-refractivity contribution in [2.24, 2.45) is 0 Å². The Hall–Kier alpha value is -2.99. The Morgan fingerprint density at radius 2 is 2.12 bits per heavy atom. The lowest BCUT2D eigenvalue weighted by atomic mass is 10.1. The van der Waals surface area contributed by atoms with E-state index in [-0.39, 0.29) is 5.91 Å². The molecule has 1 amide bonds. The van der Waals surface area contributed by atoms with Crippen LogP contribution in [0.1, 0.15) is 12.0 Å². The average molecular weight is 348 g/mol. The highest BCUT2D eigenvalue weighted by atomic mass is 32.1. The number of anilines is 1. The third kappa shape index (κ3) is 3.44. The molecule has 0 saturated heterocycles. The number of hydrogen-bond acceptors (Lipinski definition) is 4. The molecular weight excluding hydrogens is 332 g/mol. The van der Waals surface area contributed by atoms with Crippen molar-refractivity contribution in [3.8, 4) is 11.3 Å². The number of carbonyl (C=O) groups excluding carboxylic acids is 1. The number of pyridine rings is 1. The zero-order valence-electron chi connectivity index (χ0n) is 13.4. The number of aromatic amines is 1. The predicted molar refractivity (Wildman–Crippen MR) is 101 cm³/mol. The summed E-state index contributed by atoms with van der Waals surface area (Å²) < 4.78 is 0. The molecule has 5 nitrogen and oxygen atoms in total. The Labute approximate surface area is 148 Å². The number of rotatable bonds is 5. The van der Waals surface area contributed by atoms with Gasteiger partial charge in [-0.25, -0.2) is 4.98 Å². The summed E-state index contributed by atoms with van der Waals surface area (Å²) in [6, 6.07) is 11.9. The third-order valence-electron chi connectivity index (χ3n) is 4.00. The Bertz CT molecular complexity index is 1010. The lowest BCUT2D eigenvalue weighted by Gasteiger charge is -2.01. The summed E-state index contributed by atoms with van der Waals surface area (Å²) >= 11 is 1.42. The summed E-state index contributed by atoms with van der Waals surface area (Å²) in [6.45, 7) is 0. The molecule has 0 saturated carbocycles. The van der Waals surface area contributed by atoms with Gasteiger partial charge in [0.1, 0.15) is 0 Å². The van der Waals surface area contributed by atoms with Crippen LogP contribution in [0.2, 0.25) is 0 Å². The Morgan fingerprint density at radius 3 is 3.00 bits per heavy atom. The highest BCUT2D eigenvalue weighted by Gasteiger charge is 2.10. The van der Waals surface area contributed by atoms with Gasteiger partial charge in [-0.2, -0.15) is 0 Å². The van der Waals surface area contributed by atoms with Gasteiger partial charge in [0.15, 0.2) is 5.13 Å². The zero-order valence-corrected chi connectivity index (χ0v) is 14.2. The Kier molecular flexibility index (Phi) is 4.26. The van der Waals surface area contributed by atoms with E-state index < -0.39 is 0 Å². The maximum absolute atomic E-state index is 12.2. The normalized spacial score (nSPS) is 10.9. The molecule has 0 aliphatic carbocycles. The van der Waals surface area contributed by atoms with Gasteiger partial charge in [0.2, 0.25) is 5.91 Å². The summed E-state index contributed by atoms with van der Waals surface area (Å²) in [7, 11) is 0. The monoisotopic (exact) mass is 348 g/mol. The van der Waals surface area contributed by atoms with Crippen molar-refractivity contribution in [2.45, 2.75) is 12.8 Å². The maximum Gasteiger partial charge on any atom is 0.226 e. The largest absolute Gasteiger partial charge is 0.361 e. The lowest BCUT2D eigenvalue weighted by Crippen LogP contribution is -2.12. The van der Waals surface area contributed by atoms with Crippen molar-refractivity contribution < 1.29 is 4.79 Å².